The number of fused-ring (bicyclic) bond motifs is 1. The third-order valence-corrected chi connectivity index (χ3v) is 4.73. The first kappa shape index (κ1) is 17.7. The first-order valence-corrected chi connectivity index (χ1v) is 8.87. The van der Waals surface area contributed by atoms with E-state index in [2.05, 4.69) is 16.4 Å². The Kier molecular flexibility index (Phi) is 4.30. The van der Waals surface area contributed by atoms with Crippen molar-refractivity contribution in [1.82, 2.24) is 9.55 Å². The van der Waals surface area contributed by atoms with Crippen LogP contribution in [0.25, 0.3) is 16.7 Å². The predicted molar refractivity (Wildman–Crippen MR) is 107 cm³/mol. The van der Waals surface area contributed by atoms with Crippen LogP contribution in [0, 0.1) is 11.3 Å². The zero-order valence-electron chi connectivity index (χ0n) is 15.3. The molecule has 0 fully saturated rings. The molecule has 0 aliphatic heterocycles. The van der Waals surface area contributed by atoms with Crippen LogP contribution in [0.5, 0.6) is 0 Å². The molecule has 1 aliphatic rings. The smallest absolute Gasteiger partial charge is 0.229 e. The summed E-state index contributed by atoms with van der Waals surface area (Å²) in [5.41, 5.74) is 2.16. The van der Waals surface area contributed by atoms with E-state index in [1.807, 2.05) is 36.4 Å². The van der Waals surface area contributed by atoms with Crippen LogP contribution in [0.1, 0.15) is 24.5 Å². The molecule has 0 saturated carbocycles. The van der Waals surface area contributed by atoms with Gasteiger partial charge in [-0.15, -0.1) is 0 Å². The summed E-state index contributed by atoms with van der Waals surface area (Å²) >= 11 is 0. The van der Waals surface area contributed by atoms with E-state index < -0.39 is 5.60 Å². The van der Waals surface area contributed by atoms with Crippen molar-refractivity contribution in [3.63, 3.8) is 0 Å². The van der Waals surface area contributed by atoms with Crippen LogP contribution < -0.4 is 5.32 Å². The fraction of sp³-hybridized carbons (Fsp3) is 0.136. The molecule has 0 bridgehead atoms. The lowest BCUT2D eigenvalue weighted by Crippen LogP contribution is -2.29. The second-order valence-electron chi connectivity index (χ2n) is 6.90. The maximum Gasteiger partial charge on any atom is 0.229 e. The molecule has 2 aromatic carbocycles. The van der Waals surface area contributed by atoms with E-state index in [4.69, 9.17) is 0 Å². The number of nitrogens with zero attached hydrogens (tertiary/aromatic N) is 3. The third-order valence-electron chi connectivity index (χ3n) is 4.73. The van der Waals surface area contributed by atoms with Gasteiger partial charge in [-0.3, -0.25) is 14.7 Å². The lowest BCUT2D eigenvalue weighted by atomic mass is 9.92. The minimum Gasteiger partial charge on any atom is -0.385 e. The molecule has 1 aromatic heterocycles. The standard InChI is InChI=1S/C22H18N4O2/c1-22(28,16-6-3-2-4-7-16)13-20(27)25-21-24-18-11-10-15(14-23)12-19(18)26(21)17-8-5-9-17/h2-12,28H,13H2,1H3,(H,24,25,27)/t22-/m0/s1. The van der Waals surface area contributed by atoms with Gasteiger partial charge in [-0.1, -0.05) is 36.4 Å². The van der Waals surface area contributed by atoms with E-state index in [1.54, 1.807) is 41.8 Å². The second-order valence-corrected chi connectivity index (χ2v) is 6.90. The Bertz CT molecular complexity index is 1160. The lowest BCUT2D eigenvalue weighted by Gasteiger charge is -2.23. The minimum absolute atomic E-state index is 0.113. The second kappa shape index (κ2) is 6.80. The lowest BCUT2D eigenvalue weighted by molar-refractivity contribution is -0.120. The van der Waals surface area contributed by atoms with Crippen molar-refractivity contribution in [3.8, 4) is 6.07 Å². The van der Waals surface area contributed by atoms with Crippen LogP contribution in [-0.4, -0.2) is 20.6 Å². The largest absolute Gasteiger partial charge is 0.385 e. The fourth-order valence-corrected chi connectivity index (χ4v) is 3.20. The van der Waals surface area contributed by atoms with Crippen LogP contribution in [0.3, 0.4) is 0 Å². The van der Waals surface area contributed by atoms with Gasteiger partial charge in [0, 0.05) is 5.70 Å². The van der Waals surface area contributed by atoms with E-state index in [0.717, 1.165) is 11.2 Å². The third kappa shape index (κ3) is 3.20. The Morgan fingerprint density at radius 1 is 1.29 bits per heavy atom. The number of carbonyl (C=O) groups is 1. The first-order chi connectivity index (χ1) is 13.5. The number of rotatable bonds is 5. The summed E-state index contributed by atoms with van der Waals surface area (Å²) < 4.78 is 1.80. The summed E-state index contributed by atoms with van der Waals surface area (Å²) in [6.07, 6.45) is 5.57. The number of carbonyl (C=O) groups excluding carboxylic acids is 1. The highest BCUT2D eigenvalue weighted by molar-refractivity contribution is 5.95. The normalized spacial score (nSPS) is 14.7. The Morgan fingerprint density at radius 3 is 2.68 bits per heavy atom. The maximum absolute atomic E-state index is 12.7. The Balaban J connectivity index is 1.64. The molecule has 1 aliphatic carbocycles. The molecule has 28 heavy (non-hydrogen) atoms. The molecule has 6 heteroatoms. The van der Waals surface area contributed by atoms with Crippen LogP contribution in [0.4, 0.5) is 5.95 Å². The number of hydrogen-bond acceptors (Lipinski definition) is 4. The number of aliphatic hydroxyl groups is 1. The van der Waals surface area contributed by atoms with E-state index in [-0.39, 0.29) is 12.3 Å². The summed E-state index contributed by atoms with van der Waals surface area (Å²) in [5, 5.41) is 22.7. The van der Waals surface area contributed by atoms with Gasteiger partial charge in [0.25, 0.3) is 0 Å². The molecule has 138 valence electrons. The molecular formula is C22H18N4O2. The summed E-state index contributed by atoms with van der Waals surface area (Å²) in [6, 6.07) is 16.4. The minimum atomic E-state index is -1.30. The van der Waals surface area contributed by atoms with Gasteiger partial charge >= 0.3 is 0 Å². The highest BCUT2D eigenvalue weighted by Gasteiger charge is 2.27. The van der Waals surface area contributed by atoms with Gasteiger partial charge in [0.1, 0.15) is 0 Å². The van der Waals surface area contributed by atoms with Crippen molar-refractivity contribution in [2.75, 3.05) is 5.32 Å². The highest BCUT2D eigenvalue weighted by Crippen LogP contribution is 2.30. The number of amides is 1. The van der Waals surface area contributed by atoms with Crippen LogP contribution in [0.2, 0.25) is 0 Å². The number of imidazole rings is 1. The van der Waals surface area contributed by atoms with E-state index in [9.17, 15) is 15.2 Å². The van der Waals surface area contributed by atoms with Gasteiger partial charge in [0.2, 0.25) is 11.9 Å². The maximum atomic E-state index is 12.7. The molecule has 0 unspecified atom stereocenters. The molecule has 2 N–H and O–H groups in total. The molecule has 0 spiro atoms. The van der Waals surface area contributed by atoms with Gasteiger partial charge in [-0.25, -0.2) is 4.98 Å². The molecular weight excluding hydrogens is 352 g/mol. The molecule has 1 heterocycles. The number of benzene rings is 2. The van der Waals surface area contributed by atoms with Gasteiger partial charge in [-0.2, -0.15) is 5.26 Å². The summed E-state index contributed by atoms with van der Waals surface area (Å²) in [7, 11) is 0. The SMILES string of the molecule is C[C@](O)(CC(=O)Nc1nc2ccc(C#N)cc2n1C1=CC=C1)c1ccccc1. The fourth-order valence-electron chi connectivity index (χ4n) is 3.20. The van der Waals surface area contributed by atoms with Crippen LogP contribution in [-0.2, 0) is 10.4 Å². The number of hydrogen-bond donors (Lipinski definition) is 2. The number of anilines is 1. The van der Waals surface area contributed by atoms with Crippen molar-refractivity contribution in [2.24, 2.45) is 0 Å². The number of nitrogens with one attached hydrogen (secondary N) is 1. The summed E-state index contributed by atoms with van der Waals surface area (Å²) in [5.74, 6) is 0.00405. The molecule has 3 aromatic rings. The molecule has 6 nitrogen and oxygen atoms in total. The molecule has 1 amide bonds. The van der Waals surface area contributed by atoms with Gasteiger partial charge in [0.15, 0.2) is 0 Å². The Morgan fingerprint density at radius 2 is 2.04 bits per heavy atom. The van der Waals surface area contributed by atoms with E-state index >= 15 is 0 Å². The molecule has 0 radical (unpaired) electrons. The summed E-state index contributed by atoms with van der Waals surface area (Å²) in [4.78, 5) is 17.2. The number of allylic oxidation sites excluding steroid dienone is 4. The van der Waals surface area contributed by atoms with Gasteiger partial charge in [-0.05, 0) is 42.8 Å². The van der Waals surface area contributed by atoms with Gasteiger partial charge in [0.05, 0.1) is 34.7 Å². The van der Waals surface area contributed by atoms with Crippen molar-refractivity contribution in [1.29, 1.82) is 5.26 Å². The predicted octanol–water partition coefficient (Wildman–Crippen LogP) is 3.55. The average molecular weight is 370 g/mol. The number of nitriles is 1. The molecule has 1 atom stereocenters. The molecule has 0 saturated heterocycles. The number of aromatic nitrogens is 2. The summed E-state index contributed by atoms with van der Waals surface area (Å²) in [6.45, 7) is 1.61. The van der Waals surface area contributed by atoms with Crippen molar-refractivity contribution < 1.29 is 9.90 Å². The van der Waals surface area contributed by atoms with E-state index in [1.165, 1.54) is 0 Å². The quantitative estimate of drug-likeness (QED) is 0.718. The average Bonchev–Trinajstić information content (AvgIpc) is 2.97. The van der Waals surface area contributed by atoms with Crippen LogP contribution in [0.15, 0.2) is 66.8 Å². The zero-order valence-corrected chi connectivity index (χ0v) is 15.3. The topological polar surface area (TPSA) is 90.9 Å². The zero-order chi connectivity index (χ0) is 19.7. The van der Waals surface area contributed by atoms with E-state index in [0.29, 0.717) is 22.6 Å². The van der Waals surface area contributed by atoms with Crippen molar-refractivity contribution in [2.45, 2.75) is 18.9 Å². The van der Waals surface area contributed by atoms with Crippen molar-refractivity contribution in [3.05, 3.63) is 77.9 Å². The van der Waals surface area contributed by atoms with Gasteiger partial charge < -0.3 is 5.11 Å². The highest BCUT2D eigenvalue weighted by atomic mass is 16.3. The Hall–Kier alpha value is -3.69. The van der Waals surface area contributed by atoms with Crippen LogP contribution >= 0.6 is 0 Å². The van der Waals surface area contributed by atoms with Crippen molar-refractivity contribution >= 4 is 28.6 Å². The monoisotopic (exact) mass is 370 g/mol. The first-order valence-electron chi connectivity index (χ1n) is 8.87. The Labute approximate surface area is 162 Å². The molecule has 4 rings (SSSR count).